The molecule has 3 heterocycles. The lowest BCUT2D eigenvalue weighted by atomic mass is 9.89. The van der Waals surface area contributed by atoms with Gasteiger partial charge in [-0.25, -0.2) is 0 Å². The number of aliphatic hydroxyl groups is 1. The molecule has 376 valence electrons. The van der Waals surface area contributed by atoms with Crippen molar-refractivity contribution in [3.05, 3.63) is 234 Å². The fourth-order valence-corrected chi connectivity index (χ4v) is 9.36. The van der Waals surface area contributed by atoms with Crippen LogP contribution in [0.25, 0.3) is 0 Å². The van der Waals surface area contributed by atoms with Gasteiger partial charge in [0.05, 0.1) is 70.7 Å². The maximum atomic E-state index is 12.0. The third-order valence-corrected chi connectivity index (χ3v) is 13.2. The number of phenols is 1. The van der Waals surface area contributed by atoms with Crippen molar-refractivity contribution in [2.24, 2.45) is 0 Å². The monoisotopic (exact) mass is 974 g/mol. The predicted molar refractivity (Wildman–Crippen MR) is 273 cm³/mol. The van der Waals surface area contributed by atoms with Crippen molar-refractivity contribution in [3.63, 3.8) is 0 Å². The molecule has 2 N–H and O–H groups in total. The van der Waals surface area contributed by atoms with Crippen molar-refractivity contribution in [2.75, 3.05) is 13.2 Å². The van der Waals surface area contributed by atoms with Crippen LogP contribution in [0.1, 0.15) is 46.2 Å². The van der Waals surface area contributed by atoms with E-state index < -0.39 is 67.1 Å². The van der Waals surface area contributed by atoms with E-state index in [4.69, 9.17) is 42.6 Å². The Labute approximate surface area is 423 Å². The van der Waals surface area contributed by atoms with Gasteiger partial charge < -0.3 is 52.8 Å². The highest BCUT2D eigenvalue weighted by atomic mass is 16.6. The van der Waals surface area contributed by atoms with Crippen LogP contribution in [0.15, 0.2) is 200 Å². The molecule has 6 aromatic carbocycles. The molecule has 1 saturated heterocycles. The molecule has 11 atom stereocenters. The largest absolute Gasteiger partial charge is 0.508 e. The summed E-state index contributed by atoms with van der Waals surface area (Å²) < 4.78 is 61.1. The Hall–Kier alpha value is -5.80. The summed E-state index contributed by atoms with van der Waals surface area (Å²) in [4.78, 5) is 0. The van der Waals surface area contributed by atoms with Gasteiger partial charge in [0, 0.05) is 13.0 Å². The molecular formula is C61H66O11. The van der Waals surface area contributed by atoms with E-state index >= 15 is 0 Å². The Kier molecular flexibility index (Phi) is 19.0. The van der Waals surface area contributed by atoms with Gasteiger partial charge in [0.15, 0.2) is 0 Å². The van der Waals surface area contributed by atoms with Crippen molar-refractivity contribution in [3.8, 4) is 5.75 Å². The van der Waals surface area contributed by atoms with Gasteiger partial charge in [0.2, 0.25) is 0 Å². The first-order valence-corrected chi connectivity index (χ1v) is 25.1. The van der Waals surface area contributed by atoms with E-state index in [9.17, 15) is 10.2 Å². The van der Waals surface area contributed by atoms with E-state index in [1.54, 1.807) is 18.2 Å². The number of ether oxygens (including phenoxy) is 9. The first kappa shape index (κ1) is 51.1. The van der Waals surface area contributed by atoms with Gasteiger partial charge in [-0.1, -0.05) is 188 Å². The third kappa shape index (κ3) is 14.9. The second-order valence-electron chi connectivity index (χ2n) is 18.5. The minimum atomic E-state index is -1.02. The maximum Gasteiger partial charge on any atom is 0.115 e. The second kappa shape index (κ2) is 26.8. The molecule has 3 aliphatic rings. The standard InChI is InChI=1S/C61H66O11/c62-50-28-26-49(27-29-50)42-68-60-57(72-55(34-35-64-37-44-16-6-1-7-17-44)59(67-40-47-22-12-4-13-23-47)61(60)69-41-48-24-14-5-15-25-48)36-56-51(63)30-31-53-54(70-56)33-32-52(66-39-46-20-10-3-11-21-46)58(71-53)43-65-38-45-18-8-2-9-19-45/h1-33,51-63H,34-43H2/t51-,52+,53+,54-,55+,56+,57-,58-,59+,60-,61-/m1/s1. The lowest BCUT2D eigenvalue weighted by molar-refractivity contribution is -0.273. The van der Waals surface area contributed by atoms with Crippen LogP contribution >= 0.6 is 0 Å². The lowest BCUT2D eigenvalue weighted by Crippen LogP contribution is -2.61. The van der Waals surface area contributed by atoms with Crippen molar-refractivity contribution >= 4 is 0 Å². The smallest absolute Gasteiger partial charge is 0.115 e. The van der Waals surface area contributed by atoms with Crippen molar-refractivity contribution < 1.29 is 52.8 Å². The number of aromatic hydroxyl groups is 1. The lowest BCUT2D eigenvalue weighted by Gasteiger charge is -2.47. The van der Waals surface area contributed by atoms with E-state index in [2.05, 4.69) is 0 Å². The zero-order chi connectivity index (χ0) is 49.2. The minimum Gasteiger partial charge on any atom is -0.508 e. The number of rotatable bonds is 23. The van der Waals surface area contributed by atoms with Crippen LogP contribution in [0.2, 0.25) is 0 Å². The molecule has 0 aliphatic carbocycles. The maximum absolute atomic E-state index is 12.0. The zero-order valence-electron chi connectivity index (χ0n) is 40.5. The van der Waals surface area contributed by atoms with E-state index in [1.807, 2.05) is 182 Å². The molecule has 11 heteroatoms. The Morgan fingerprint density at radius 3 is 1.35 bits per heavy atom. The fourth-order valence-electron chi connectivity index (χ4n) is 9.36. The molecule has 0 spiro atoms. The molecule has 0 bridgehead atoms. The highest BCUT2D eigenvalue weighted by Gasteiger charge is 2.50. The quantitative estimate of drug-likeness (QED) is 0.0471. The number of phenolic OH excluding ortho intramolecular Hbond substituents is 1. The van der Waals surface area contributed by atoms with Crippen molar-refractivity contribution in [2.45, 2.75) is 120 Å². The normalized spacial score (nSPS) is 26.1. The van der Waals surface area contributed by atoms with Gasteiger partial charge in [-0.2, -0.15) is 0 Å². The zero-order valence-corrected chi connectivity index (χ0v) is 40.5. The van der Waals surface area contributed by atoms with Crippen LogP contribution in [0.4, 0.5) is 0 Å². The van der Waals surface area contributed by atoms with E-state index in [0.717, 1.165) is 33.4 Å². The summed E-state index contributed by atoms with van der Waals surface area (Å²) in [5.74, 6) is 0.163. The average Bonchev–Trinajstić information content (AvgIpc) is 3.68. The molecule has 3 aliphatic heterocycles. The summed E-state index contributed by atoms with van der Waals surface area (Å²) >= 11 is 0. The van der Waals surface area contributed by atoms with Crippen LogP contribution < -0.4 is 0 Å². The van der Waals surface area contributed by atoms with Crippen LogP contribution in [0.3, 0.4) is 0 Å². The molecule has 72 heavy (non-hydrogen) atoms. The minimum absolute atomic E-state index is 0.163. The van der Waals surface area contributed by atoms with Gasteiger partial charge in [-0.3, -0.25) is 0 Å². The Morgan fingerprint density at radius 2 is 0.806 bits per heavy atom. The molecule has 0 radical (unpaired) electrons. The molecule has 9 rings (SSSR count). The van der Waals surface area contributed by atoms with E-state index in [0.29, 0.717) is 46.1 Å². The molecule has 1 fully saturated rings. The van der Waals surface area contributed by atoms with E-state index in [1.165, 1.54) is 0 Å². The number of fused-ring (bicyclic) bond motifs is 1. The summed E-state index contributed by atoms with van der Waals surface area (Å²) in [6, 6.07) is 57.3. The summed E-state index contributed by atoms with van der Waals surface area (Å²) in [5, 5.41) is 22.1. The molecule has 6 aromatic rings. The molecule has 0 aromatic heterocycles. The Morgan fingerprint density at radius 1 is 0.375 bits per heavy atom. The summed E-state index contributed by atoms with van der Waals surface area (Å²) in [6.45, 7) is 2.71. The van der Waals surface area contributed by atoms with Gasteiger partial charge in [-0.05, 0) is 51.9 Å². The number of hydrogen-bond donors (Lipinski definition) is 2. The molecular weight excluding hydrogens is 909 g/mol. The van der Waals surface area contributed by atoms with Crippen LogP contribution in [-0.2, 0) is 82.3 Å². The van der Waals surface area contributed by atoms with Gasteiger partial charge in [-0.15, -0.1) is 0 Å². The van der Waals surface area contributed by atoms with Gasteiger partial charge in [0.1, 0.15) is 48.5 Å². The number of hydrogen-bond acceptors (Lipinski definition) is 11. The molecule has 0 saturated carbocycles. The highest BCUT2D eigenvalue weighted by molar-refractivity contribution is 5.26. The van der Waals surface area contributed by atoms with E-state index in [-0.39, 0.29) is 25.4 Å². The van der Waals surface area contributed by atoms with Crippen molar-refractivity contribution in [1.82, 2.24) is 0 Å². The third-order valence-electron chi connectivity index (χ3n) is 13.2. The van der Waals surface area contributed by atoms with Crippen LogP contribution in [0.5, 0.6) is 5.75 Å². The van der Waals surface area contributed by atoms with Crippen LogP contribution in [0, 0.1) is 0 Å². The average molecular weight is 975 g/mol. The summed E-state index contributed by atoms with van der Waals surface area (Å²) in [5.41, 5.74) is 6.04. The summed E-state index contributed by atoms with van der Waals surface area (Å²) in [6.07, 6.45) is 1.42. The topological polar surface area (TPSA) is 124 Å². The predicted octanol–water partition coefficient (Wildman–Crippen LogP) is 10.0. The molecule has 0 unspecified atom stereocenters. The highest BCUT2D eigenvalue weighted by Crippen LogP contribution is 2.36. The molecule has 0 amide bonds. The fraction of sp³-hybridized carbons (Fsp3) is 0.344. The summed E-state index contributed by atoms with van der Waals surface area (Å²) in [7, 11) is 0. The van der Waals surface area contributed by atoms with Gasteiger partial charge >= 0.3 is 0 Å². The first-order chi connectivity index (χ1) is 35.5. The first-order valence-electron chi connectivity index (χ1n) is 25.1. The SMILES string of the molecule is Oc1ccc(CO[C@H]2[C@H](OCc3ccccc3)[C@@H](OCc3ccccc3)[C@H](CCOCc3ccccc3)O[C@@H]2C[C@@H]2O[C@@H]3C=C[C@H](OCc4ccccc4)[C@@H](COCc4ccccc4)O[C@H]3C=C[C@H]2O)cc1. The second-order valence-corrected chi connectivity index (χ2v) is 18.5. The Balaban J connectivity index is 0.992. The van der Waals surface area contributed by atoms with Crippen molar-refractivity contribution in [1.29, 1.82) is 0 Å². The van der Waals surface area contributed by atoms with Crippen LogP contribution in [-0.4, -0.2) is 90.6 Å². The number of benzene rings is 6. The molecule has 11 nitrogen and oxygen atoms in total. The number of aliphatic hydroxyl groups excluding tert-OH is 1. The van der Waals surface area contributed by atoms with Gasteiger partial charge in [0.25, 0.3) is 0 Å². The Bertz CT molecular complexity index is 2510.